The van der Waals surface area contributed by atoms with Crippen LogP contribution in [0.2, 0.25) is 0 Å². The zero-order valence-corrected chi connectivity index (χ0v) is 12.1. The summed E-state index contributed by atoms with van der Waals surface area (Å²) in [5.41, 5.74) is 6.80. The maximum absolute atomic E-state index is 11.2. The van der Waals surface area contributed by atoms with Gasteiger partial charge in [0.2, 0.25) is 0 Å². The van der Waals surface area contributed by atoms with Gasteiger partial charge in [0.1, 0.15) is 0 Å². The lowest BCUT2D eigenvalue weighted by atomic mass is 10.1. The Bertz CT molecular complexity index is 706. The Kier molecular flexibility index (Phi) is 4.41. The Morgan fingerprint density at radius 3 is 2.65 bits per heavy atom. The van der Waals surface area contributed by atoms with Crippen LogP contribution in [-0.4, -0.2) is 20.5 Å². The van der Waals surface area contributed by atoms with Gasteiger partial charge in [-0.1, -0.05) is 41.6 Å². The Morgan fingerprint density at radius 2 is 2.00 bits per heavy atom. The van der Waals surface area contributed by atoms with Gasteiger partial charge in [0, 0.05) is 18.8 Å². The molecule has 20 heavy (non-hydrogen) atoms. The number of nitrogens with zero attached hydrogens (tertiary/aromatic N) is 2. The third-order valence-electron chi connectivity index (χ3n) is 2.85. The van der Waals surface area contributed by atoms with Crippen molar-refractivity contribution in [3.05, 3.63) is 56.1 Å². The quantitative estimate of drug-likeness (QED) is 0.634. The van der Waals surface area contributed by atoms with Crippen LogP contribution < -0.4 is 16.9 Å². The van der Waals surface area contributed by atoms with Crippen LogP contribution in [-0.2, 0) is 7.05 Å². The molecule has 0 saturated carbocycles. The summed E-state index contributed by atoms with van der Waals surface area (Å²) in [5.74, 6) is 0.565. The van der Waals surface area contributed by atoms with Crippen LogP contribution in [0.15, 0.2) is 39.0 Å². The van der Waals surface area contributed by atoms with Crippen molar-refractivity contribution in [3.63, 3.8) is 0 Å². The highest BCUT2D eigenvalue weighted by molar-refractivity contribution is 7.99. The topological polar surface area (TPSA) is 93.8 Å². The minimum absolute atomic E-state index is 0.163. The smallest absolute Gasteiger partial charge is 0.323 e. The molecule has 7 heteroatoms. The second-order valence-electron chi connectivity index (χ2n) is 4.53. The minimum atomic E-state index is -0.783. The molecule has 0 aliphatic carbocycles. The lowest BCUT2D eigenvalue weighted by Crippen LogP contribution is -2.34. The van der Waals surface area contributed by atoms with Gasteiger partial charge < -0.3 is 5.73 Å². The van der Waals surface area contributed by atoms with E-state index >= 15 is 0 Å². The second-order valence-corrected chi connectivity index (χ2v) is 5.51. The van der Waals surface area contributed by atoms with Gasteiger partial charge >= 0.3 is 11.1 Å². The number of benzene rings is 1. The Labute approximate surface area is 120 Å². The maximum Gasteiger partial charge on any atom is 0.339 e. The van der Waals surface area contributed by atoms with Crippen molar-refractivity contribution in [2.75, 3.05) is 5.75 Å². The van der Waals surface area contributed by atoms with Crippen molar-refractivity contribution in [2.45, 2.75) is 18.1 Å². The van der Waals surface area contributed by atoms with E-state index in [9.17, 15) is 9.59 Å². The van der Waals surface area contributed by atoms with Crippen LogP contribution in [0.3, 0.4) is 0 Å². The average Bonchev–Trinajstić information content (AvgIpc) is 2.42. The molecular weight excluding hydrogens is 276 g/mol. The van der Waals surface area contributed by atoms with Crippen LogP contribution in [0.4, 0.5) is 0 Å². The average molecular weight is 292 g/mol. The normalized spacial score (nSPS) is 12.3. The van der Waals surface area contributed by atoms with E-state index in [-0.39, 0.29) is 6.04 Å². The first kappa shape index (κ1) is 14.5. The molecular formula is C13H16N4O2S. The SMILES string of the molecule is Cc1ccc(C(N)CSc2nc(=O)c(=O)[nH]n2C)cc1. The number of aryl methyl sites for hydroxylation is 2. The van der Waals surface area contributed by atoms with Crippen LogP contribution >= 0.6 is 11.8 Å². The maximum atomic E-state index is 11.2. The van der Waals surface area contributed by atoms with E-state index in [0.29, 0.717) is 10.9 Å². The second kappa shape index (κ2) is 6.06. The molecule has 0 aliphatic rings. The third-order valence-corrected chi connectivity index (χ3v) is 3.99. The van der Waals surface area contributed by atoms with E-state index in [2.05, 4.69) is 10.1 Å². The molecule has 2 aromatic rings. The molecule has 0 amide bonds. The lowest BCUT2D eigenvalue weighted by molar-refractivity contribution is 0.595. The highest BCUT2D eigenvalue weighted by Crippen LogP contribution is 2.20. The van der Waals surface area contributed by atoms with E-state index in [1.807, 2.05) is 31.2 Å². The van der Waals surface area contributed by atoms with Crippen LogP contribution in [0, 0.1) is 6.92 Å². The predicted octanol–water partition coefficient (Wildman–Crippen LogP) is 0.569. The number of hydrogen-bond acceptors (Lipinski definition) is 5. The summed E-state index contributed by atoms with van der Waals surface area (Å²) in [7, 11) is 1.63. The molecule has 1 heterocycles. The van der Waals surface area contributed by atoms with Gasteiger partial charge in [0.25, 0.3) is 0 Å². The summed E-state index contributed by atoms with van der Waals surface area (Å²) >= 11 is 1.33. The number of hydrogen-bond donors (Lipinski definition) is 2. The summed E-state index contributed by atoms with van der Waals surface area (Å²) in [6, 6.07) is 7.83. The van der Waals surface area contributed by atoms with Gasteiger partial charge in [-0.2, -0.15) is 4.98 Å². The molecule has 0 radical (unpaired) electrons. The molecule has 0 spiro atoms. The fourth-order valence-corrected chi connectivity index (χ4v) is 2.57. The van der Waals surface area contributed by atoms with Crippen LogP contribution in [0.1, 0.15) is 17.2 Å². The minimum Gasteiger partial charge on any atom is -0.323 e. The Balaban J connectivity index is 2.09. The highest BCUT2D eigenvalue weighted by Gasteiger charge is 2.10. The molecule has 0 aliphatic heterocycles. The third kappa shape index (κ3) is 3.37. The van der Waals surface area contributed by atoms with Crippen LogP contribution in [0.25, 0.3) is 0 Å². The standard InChI is InChI=1S/C13H16N4O2S/c1-8-3-5-9(6-4-8)10(14)7-20-13-15-11(18)12(19)16-17(13)2/h3-6,10H,7,14H2,1-2H3,(H,16,19). The molecule has 1 unspecified atom stereocenters. The molecule has 2 rings (SSSR count). The molecule has 1 aromatic heterocycles. The fraction of sp³-hybridized carbons (Fsp3) is 0.308. The molecule has 0 saturated heterocycles. The molecule has 3 N–H and O–H groups in total. The van der Waals surface area contributed by atoms with Crippen molar-refractivity contribution in [1.82, 2.24) is 14.8 Å². The lowest BCUT2D eigenvalue weighted by Gasteiger charge is -2.12. The van der Waals surface area contributed by atoms with Gasteiger partial charge in [-0.05, 0) is 12.5 Å². The van der Waals surface area contributed by atoms with E-state index in [1.165, 1.54) is 22.0 Å². The molecule has 1 atom stereocenters. The van der Waals surface area contributed by atoms with Gasteiger partial charge in [0.05, 0.1) is 0 Å². The first-order chi connectivity index (χ1) is 9.47. The number of thioether (sulfide) groups is 1. The number of rotatable bonds is 4. The molecule has 1 aromatic carbocycles. The molecule has 0 fully saturated rings. The largest absolute Gasteiger partial charge is 0.339 e. The monoisotopic (exact) mass is 292 g/mol. The summed E-state index contributed by atoms with van der Waals surface area (Å²) in [6.07, 6.45) is 0. The molecule has 0 bridgehead atoms. The van der Waals surface area contributed by atoms with Gasteiger partial charge in [-0.3, -0.25) is 19.4 Å². The summed E-state index contributed by atoms with van der Waals surface area (Å²) < 4.78 is 1.43. The first-order valence-corrected chi connectivity index (χ1v) is 7.08. The van der Waals surface area contributed by atoms with E-state index < -0.39 is 11.1 Å². The fourth-order valence-electron chi connectivity index (χ4n) is 1.66. The van der Waals surface area contributed by atoms with Crippen molar-refractivity contribution < 1.29 is 0 Å². The number of nitrogens with two attached hydrogens (primary N) is 1. The molecule has 106 valence electrons. The van der Waals surface area contributed by atoms with Crippen molar-refractivity contribution in [1.29, 1.82) is 0 Å². The number of H-pyrrole nitrogens is 1. The Morgan fingerprint density at radius 1 is 1.35 bits per heavy atom. The predicted molar refractivity (Wildman–Crippen MR) is 78.9 cm³/mol. The zero-order chi connectivity index (χ0) is 14.7. The molecule has 6 nitrogen and oxygen atoms in total. The Hall–Kier alpha value is -1.86. The van der Waals surface area contributed by atoms with E-state index in [4.69, 9.17) is 5.73 Å². The summed E-state index contributed by atoms with van der Waals surface area (Å²) in [6.45, 7) is 2.02. The van der Waals surface area contributed by atoms with Crippen molar-refractivity contribution >= 4 is 11.8 Å². The van der Waals surface area contributed by atoms with E-state index in [0.717, 1.165) is 5.56 Å². The summed E-state index contributed by atoms with van der Waals surface area (Å²) in [4.78, 5) is 26.1. The highest BCUT2D eigenvalue weighted by atomic mass is 32.2. The van der Waals surface area contributed by atoms with Crippen molar-refractivity contribution in [2.24, 2.45) is 12.8 Å². The first-order valence-electron chi connectivity index (χ1n) is 6.09. The van der Waals surface area contributed by atoms with Gasteiger partial charge in [0.15, 0.2) is 5.16 Å². The summed E-state index contributed by atoms with van der Waals surface area (Å²) in [5, 5.41) is 2.84. The van der Waals surface area contributed by atoms with Crippen LogP contribution in [0.5, 0.6) is 0 Å². The van der Waals surface area contributed by atoms with E-state index in [1.54, 1.807) is 7.05 Å². The number of aromatic nitrogens is 3. The van der Waals surface area contributed by atoms with Gasteiger partial charge in [-0.15, -0.1) is 0 Å². The zero-order valence-electron chi connectivity index (χ0n) is 11.3. The van der Waals surface area contributed by atoms with Gasteiger partial charge in [-0.25, -0.2) is 0 Å². The number of aromatic amines is 1. The van der Waals surface area contributed by atoms with Crippen molar-refractivity contribution in [3.8, 4) is 0 Å². The number of nitrogens with one attached hydrogen (secondary N) is 1.